The number of esters is 3. The van der Waals surface area contributed by atoms with E-state index in [1.54, 1.807) is 20.8 Å². The van der Waals surface area contributed by atoms with Gasteiger partial charge in [0.2, 0.25) is 53.2 Å². The smallest absolute Gasteiger partial charge is 0.306 e. The van der Waals surface area contributed by atoms with Gasteiger partial charge in [-0.15, -0.1) is 0 Å². The van der Waals surface area contributed by atoms with E-state index < -0.39 is 73.2 Å². The van der Waals surface area contributed by atoms with Crippen molar-refractivity contribution in [1.29, 1.82) is 0 Å². The van der Waals surface area contributed by atoms with E-state index in [1.807, 2.05) is 32.9 Å². The van der Waals surface area contributed by atoms with Crippen LogP contribution in [-0.2, 0) is 119 Å². The Morgan fingerprint density at radius 1 is 0.365 bits per heavy atom. The summed E-state index contributed by atoms with van der Waals surface area (Å²) in [6.07, 6.45) is 16.3. The number of amides is 9. The zero-order valence-electron chi connectivity index (χ0n) is 70.6. The minimum Gasteiger partial charge on any atom is -0.466 e. The third-order valence-electron chi connectivity index (χ3n) is 18.2. The minimum absolute atomic E-state index is 0.0106. The van der Waals surface area contributed by atoms with E-state index in [1.165, 1.54) is 4.90 Å². The number of carbonyl (C=O) groups is 12. The lowest BCUT2D eigenvalue weighted by atomic mass is 9.85. The molecule has 6 atom stereocenters. The van der Waals surface area contributed by atoms with Crippen LogP contribution in [0.15, 0.2) is 12.2 Å². The van der Waals surface area contributed by atoms with Crippen molar-refractivity contribution in [1.82, 2.24) is 42.1 Å². The van der Waals surface area contributed by atoms with Crippen LogP contribution in [0.2, 0.25) is 25.7 Å². The molecule has 2 bridgehead atoms. The number of imide groups is 1. The molecule has 0 aliphatic carbocycles. The molecule has 660 valence electrons. The van der Waals surface area contributed by atoms with Crippen molar-refractivity contribution in [3.8, 4) is 0 Å². The van der Waals surface area contributed by atoms with Crippen molar-refractivity contribution >= 4 is 79.1 Å². The molecule has 1 unspecified atom stereocenters. The van der Waals surface area contributed by atoms with Crippen molar-refractivity contribution in [2.45, 2.75) is 257 Å². The summed E-state index contributed by atoms with van der Waals surface area (Å²) in [5.74, 6) is -4.63. The average Bonchev–Trinajstić information content (AvgIpc) is 1.57. The Morgan fingerprint density at radius 2 is 0.713 bits per heavy atom. The lowest BCUT2D eigenvalue weighted by Crippen LogP contribution is -2.47. The molecule has 0 saturated carbocycles. The number of unbranched alkanes of at least 4 members (excludes halogenated alkanes) is 10. The minimum atomic E-state index is -1.36. The maximum atomic E-state index is 13.3. The Morgan fingerprint density at radius 3 is 1.16 bits per heavy atom. The Balaban J connectivity index is 1.06. The Kier molecular flexibility index (Phi) is 55.0. The standard InChI is InChI=1S/C81H142N8O25Si/c1-80(2,3)113-72(96)26-18-16-14-12-10-11-13-15-17-20-37-85-77(99)63(28-31-73(97)114-81(4,5)6)88-70(94)35-45-105-51-57-110-59-53-107-47-40-84-68(92)34-44-104-49-55-108-54-48-103-43-33-67(91)83-39-46-106-52-58-109-56-50-102-42-32-66(90)82-36-21-19-24-62(76(98)86-38-22-27-71(95)111-60-61-115(7,8)9)87-69(93)25-23-41-89-78(100)74-64-29-30-65(112-64)75(74)79(89)101/h29-30,62-65,74-75H,10-28,31-61H2,1-9H3,(H,82,90)(H,83,91)(H,84,92)(H,85,99)(H,86,98)(H,87,93)(H,88,94)/t62-,63-,64-,65+,74-,75?/m0/s1. The number of hydrogen-bond donors (Lipinski definition) is 7. The second-order valence-corrected chi connectivity index (χ2v) is 37.6. The first kappa shape index (κ1) is 103. The number of likely N-dealkylation sites (tertiary alicyclic amines) is 1. The molecular formula is C81H142N8O25Si. The van der Waals surface area contributed by atoms with Crippen LogP contribution in [0.1, 0.15) is 196 Å². The fraction of sp³-hybridized carbons (Fsp3) is 0.827. The second-order valence-electron chi connectivity index (χ2n) is 31.9. The fourth-order valence-electron chi connectivity index (χ4n) is 12.1. The van der Waals surface area contributed by atoms with Gasteiger partial charge in [-0.05, 0) is 99.0 Å². The summed E-state index contributed by atoms with van der Waals surface area (Å²) in [6, 6.07) is -0.922. The number of fused-ring (bicyclic) bond motifs is 5. The van der Waals surface area contributed by atoms with Crippen molar-refractivity contribution < 1.29 is 119 Å². The first-order chi connectivity index (χ1) is 55.0. The molecule has 3 aliphatic rings. The first-order valence-electron chi connectivity index (χ1n) is 41.9. The molecule has 34 heteroatoms. The van der Waals surface area contributed by atoms with Crippen LogP contribution in [-0.4, -0.2) is 284 Å². The van der Waals surface area contributed by atoms with Crippen LogP contribution < -0.4 is 37.2 Å². The molecule has 9 amide bonds. The van der Waals surface area contributed by atoms with Crippen LogP contribution >= 0.6 is 0 Å². The summed E-state index contributed by atoms with van der Waals surface area (Å²) in [7, 11) is -1.36. The highest BCUT2D eigenvalue weighted by atomic mass is 28.3. The van der Waals surface area contributed by atoms with Gasteiger partial charge < -0.3 is 98.8 Å². The predicted molar refractivity (Wildman–Crippen MR) is 429 cm³/mol. The highest BCUT2D eigenvalue weighted by Crippen LogP contribution is 2.45. The molecule has 0 aromatic heterocycles. The zero-order valence-corrected chi connectivity index (χ0v) is 71.6. The van der Waals surface area contributed by atoms with Crippen LogP contribution in [0.25, 0.3) is 0 Å². The van der Waals surface area contributed by atoms with Gasteiger partial charge >= 0.3 is 17.9 Å². The lowest BCUT2D eigenvalue weighted by molar-refractivity contribution is -0.156. The van der Waals surface area contributed by atoms with Crippen LogP contribution in [0.4, 0.5) is 0 Å². The van der Waals surface area contributed by atoms with Gasteiger partial charge in [0.15, 0.2) is 0 Å². The normalized spacial score (nSPS) is 16.2. The van der Waals surface area contributed by atoms with E-state index in [9.17, 15) is 57.5 Å². The maximum absolute atomic E-state index is 13.3. The molecule has 0 spiro atoms. The van der Waals surface area contributed by atoms with Gasteiger partial charge in [-0.25, -0.2) is 0 Å². The molecule has 0 aromatic carbocycles. The summed E-state index contributed by atoms with van der Waals surface area (Å²) < 4.78 is 71.5. The summed E-state index contributed by atoms with van der Waals surface area (Å²) in [4.78, 5) is 153. The van der Waals surface area contributed by atoms with Gasteiger partial charge in [0.05, 0.1) is 150 Å². The average molecular weight is 1660 g/mol. The summed E-state index contributed by atoms with van der Waals surface area (Å²) in [5, 5.41) is 19.7. The molecule has 2 saturated heterocycles. The summed E-state index contributed by atoms with van der Waals surface area (Å²) in [6.45, 7) is 24.5. The fourth-order valence-corrected chi connectivity index (χ4v) is 12.8. The van der Waals surface area contributed by atoms with Gasteiger partial charge in [0.1, 0.15) is 23.3 Å². The van der Waals surface area contributed by atoms with E-state index in [0.717, 1.165) is 70.3 Å². The van der Waals surface area contributed by atoms with Crippen molar-refractivity contribution in [2.24, 2.45) is 11.8 Å². The number of nitrogens with zero attached hydrogens (tertiary/aromatic N) is 1. The van der Waals surface area contributed by atoms with Gasteiger partial charge in [-0.3, -0.25) is 62.4 Å². The van der Waals surface area contributed by atoms with E-state index in [4.69, 9.17) is 61.6 Å². The summed E-state index contributed by atoms with van der Waals surface area (Å²) in [5.41, 5.74) is -1.12. The molecular weight excluding hydrogens is 1510 g/mol. The highest BCUT2D eigenvalue weighted by Gasteiger charge is 2.60. The molecule has 3 rings (SSSR count). The van der Waals surface area contributed by atoms with Crippen LogP contribution in [0.3, 0.4) is 0 Å². The van der Waals surface area contributed by atoms with E-state index in [0.29, 0.717) is 131 Å². The molecule has 0 aromatic rings. The Hall–Kier alpha value is -6.60. The SMILES string of the molecule is CC(C)(C)OC(=O)CCCCCCCCCCCCNC(=O)[C@H](CCC(=O)OC(C)(C)C)NC(=O)CCOCCOCCOCCNC(=O)CCOCCOCCOCCC(=O)NCCOCCOCCOCCC(=O)NCCCC[C@H](NC(=O)CCCN1C(=O)C2[C@@H](C1=O)[C@@H]1C=C[C@H]2O1)C(=O)NCCCC(=O)OCC[Si](C)(C)C. The second kappa shape index (κ2) is 61.7. The maximum Gasteiger partial charge on any atom is 0.306 e. The van der Waals surface area contributed by atoms with Gasteiger partial charge in [-0.1, -0.05) is 83.2 Å². The number of hydrogen-bond acceptors (Lipinski definition) is 25. The molecule has 3 heterocycles. The van der Waals surface area contributed by atoms with E-state index in [2.05, 4.69) is 56.9 Å². The lowest BCUT2D eigenvalue weighted by Gasteiger charge is -2.21. The molecule has 33 nitrogen and oxygen atoms in total. The van der Waals surface area contributed by atoms with Crippen molar-refractivity contribution in [2.75, 3.05) is 165 Å². The number of rotatable bonds is 72. The van der Waals surface area contributed by atoms with Crippen LogP contribution in [0, 0.1) is 11.8 Å². The zero-order chi connectivity index (χ0) is 84.4. The third kappa shape index (κ3) is 53.5. The van der Waals surface area contributed by atoms with Gasteiger partial charge in [0.25, 0.3) is 0 Å². The van der Waals surface area contributed by atoms with Gasteiger partial charge in [-0.2, -0.15) is 0 Å². The Labute approximate surface area is 683 Å². The third-order valence-corrected chi connectivity index (χ3v) is 19.9. The first-order valence-corrected chi connectivity index (χ1v) is 45.6. The van der Waals surface area contributed by atoms with Crippen LogP contribution in [0.5, 0.6) is 0 Å². The van der Waals surface area contributed by atoms with Crippen molar-refractivity contribution in [3.63, 3.8) is 0 Å². The molecule has 0 radical (unpaired) electrons. The molecule has 7 N–H and O–H groups in total. The van der Waals surface area contributed by atoms with Gasteiger partial charge in [0, 0.05) is 98.7 Å². The predicted octanol–water partition coefficient (Wildman–Crippen LogP) is 5.55. The molecule has 115 heavy (non-hydrogen) atoms. The van der Waals surface area contributed by atoms with E-state index >= 15 is 0 Å². The quantitative estimate of drug-likeness (QED) is 0.00979. The number of ether oxygens (including phenoxy) is 13. The topological polar surface area (TPSA) is 412 Å². The van der Waals surface area contributed by atoms with Crippen molar-refractivity contribution in [3.05, 3.63) is 12.2 Å². The highest BCUT2D eigenvalue weighted by molar-refractivity contribution is 6.76. The number of nitrogens with one attached hydrogen (secondary N) is 7. The molecule has 2 fully saturated rings. The van der Waals surface area contributed by atoms with E-state index in [-0.39, 0.29) is 177 Å². The Bertz CT molecular complexity index is 2830. The largest absolute Gasteiger partial charge is 0.466 e. The summed E-state index contributed by atoms with van der Waals surface area (Å²) >= 11 is 0. The monoisotopic (exact) mass is 1650 g/mol. The number of carbonyl (C=O) groups excluding carboxylic acids is 12. The molecule has 3 aliphatic heterocycles.